The highest BCUT2D eigenvalue weighted by Crippen LogP contribution is 2.69. The average molecular weight is 386 g/mol. The summed E-state index contributed by atoms with van der Waals surface area (Å²) >= 11 is 0. The van der Waals surface area contributed by atoms with Crippen LogP contribution >= 0.6 is 0 Å². The molecule has 0 radical (unpaired) electrons. The normalized spacial score (nSPS) is 31.2. The lowest BCUT2D eigenvalue weighted by molar-refractivity contribution is -0.687. The maximum atomic E-state index is 13.9. The van der Waals surface area contributed by atoms with Crippen LogP contribution in [0.5, 0.6) is 0 Å². The van der Waals surface area contributed by atoms with E-state index < -0.39 is 0 Å². The van der Waals surface area contributed by atoms with Gasteiger partial charge >= 0.3 is 0 Å². The zero-order chi connectivity index (χ0) is 20.1. The van der Waals surface area contributed by atoms with E-state index in [1.807, 2.05) is 41.4 Å². The van der Waals surface area contributed by atoms with Crippen molar-refractivity contribution < 1.29 is 9.48 Å². The lowest BCUT2D eigenvalue weighted by Gasteiger charge is -2.31. The van der Waals surface area contributed by atoms with Crippen LogP contribution in [-0.4, -0.2) is 27.9 Å². The van der Waals surface area contributed by atoms with Crippen molar-refractivity contribution in [3.05, 3.63) is 77.9 Å². The van der Waals surface area contributed by atoms with Crippen LogP contribution in [0.25, 0.3) is 6.08 Å². The van der Waals surface area contributed by atoms with E-state index in [2.05, 4.69) is 61.2 Å². The fourth-order valence-corrected chi connectivity index (χ4v) is 6.19. The highest BCUT2D eigenvalue weighted by Gasteiger charge is 2.78. The summed E-state index contributed by atoms with van der Waals surface area (Å²) < 4.78 is 2.26. The van der Waals surface area contributed by atoms with E-state index in [4.69, 9.17) is 0 Å². The number of carbonyl (C=O) groups excluding carboxylic acids is 1. The molecule has 1 aliphatic heterocycles. The van der Waals surface area contributed by atoms with Crippen LogP contribution in [0.4, 0.5) is 0 Å². The Balaban J connectivity index is 1.53. The summed E-state index contributed by atoms with van der Waals surface area (Å²) in [5, 5.41) is 2.01. The second-order valence-electron chi connectivity index (χ2n) is 9.33. The Morgan fingerprint density at radius 1 is 1.07 bits per heavy atom. The lowest BCUT2D eigenvalue weighted by Crippen LogP contribution is -2.43. The van der Waals surface area contributed by atoms with Gasteiger partial charge in [0.05, 0.1) is 0 Å². The Hall–Kier alpha value is -2.68. The number of hydrazine groups is 1. The van der Waals surface area contributed by atoms with Gasteiger partial charge in [0.25, 0.3) is 5.91 Å². The molecule has 3 aliphatic rings. The van der Waals surface area contributed by atoms with Crippen LogP contribution in [0, 0.1) is 16.7 Å². The van der Waals surface area contributed by atoms with E-state index in [0.29, 0.717) is 18.4 Å². The number of hydrogen-bond donors (Lipinski definition) is 0. The fourth-order valence-electron chi connectivity index (χ4n) is 6.19. The van der Waals surface area contributed by atoms with Crippen molar-refractivity contribution in [2.45, 2.75) is 45.7 Å². The van der Waals surface area contributed by atoms with Crippen molar-refractivity contribution in [1.82, 2.24) is 5.01 Å². The highest BCUT2D eigenvalue weighted by atomic mass is 16.2. The molecule has 2 bridgehead atoms. The summed E-state index contributed by atoms with van der Waals surface area (Å²) in [7, 11) is 0. The molecule has 0 N–H and O–H groups in total. The second-order valence-corrected chi connectivity index (χ2v) is 9.33. The number of nitrogens with zero attached hydrogens (tertiary/aromatic N) is 2. The van der Waals surface area contributed by atoms with Gasteiger partial charge in [-0.25, -0.2) is 0 Å². The molecule has 1 amide bonds. The molecular weight excluding hydrogens is 356 g/mol. The first-order valence-corrected chi connectivity index (χ1v) is 10.7. The molecule has 3 atom stereocenters. The first-order valence-electron chi connectivity index (χ1n) is 10.7. The van der Waals surface area contributed by atoms with Gasteiger partial charge in [-0.15, -0.1) is 9.69 Å². The maximum absolute atomic E-state index is 13.9. The maximum Gasteiger partial charge on any atom is 0.291 e. The zero-order valence-electron chi connectivity index (χ0n) is 17.3. The topological polar surface area (TPSA) is 23.3 Å². The minimum Gasteiger partial charge on any atom is -0.268 e. The van der Waals surface area contributed by atoms with Crippen molar-refractivity contribution >= 4 is 18.2 Å². The van der Waals surface area contributed by atoms with Crippen molar-refractivity contribution in [3.8, 4) is 0 Å². The van der Waals surface area contributed by atoms with Crippen molar-refractivity contribution in [2.75, 3.05) is 0 Å². The number of hydrogen-bond acceptors (Lipinski definition) is 1. The van der Waals surface area contributed by atoms with E-state index in [1.54, 1.807) is 0 Å². The summed E-state index contributed by atoms with van der Waals surface area (Å²) in [6.45, 7) is 5.29. The van der Waals surface area contributed by atoms with Crippen LogP contribution in [0.15, 0.2) is 66.7 Å². The Morgan fingerprint density at radius 2 is 1.76 bits per heavy atom. The van der Waals surface area contributed by atoms with Crippen LogP contribution in [-0.2, 0) is 11.3 Å². The summed E-state index contributed by atoms with van der Waals surface area (Å²) in [5.74, 6) is 0.963. The molecule has 3 nitrogen and oxygen atoms in total. The van der Waals surface area contributed by atoms with Gasteiger partial charge < -0.3 is 0 Å². The lowest BCUT2D eigenvalue weighted by atomic mass is 9.67. The molecule has 1 heterocycles. The fraction of sp³-hybridized carbons (Fsp3) is 0.385. The molecule has 29 heavy (non-hydrogen) atoms. The number of hydrazone groups is 1. The van der Waals surface area contributed by atoms with Gasteiger partial charge in [-0.3, -0.25) is 4.79 Å². The van der Waals surface area contributed by atoms with Crippen LogP contribution < -0.4 is 0 Å². The zero-order valence-corrected chi connectivity index (χ0v) is 17.3. The number of allylic oxidation sites excluding steroid dienone is 1. The molecular formula is C26H29N2O+. The molecule has 2 saturated carbocycles. The predicted octanol–water partition coefficient (Wildman–Crippen LogP) is 4.94. The quantitative estimate of drug-likeness (QED) is 0.684. The molecule has 3 fully saturated rings. The third kappa shape index (κ3) is 2.63. The summed E-state index contributed by atoms with van der Waals surface area (Å²) in [6.07, 6.45) is 9.66. The van der Waals surface area contributed by atoms with Crippen LogP contribution in [0.2, 0.25) is 0 Å². The van der Waals surface area contributed by atoms with E-state index in [1.165, 1.54) is 17.5 Å². The minimum atomic E-state index is -0.246. The van der Waals surface area contributed by atoms with Crippen molar-refractivity contribution in [1.29, 1.82) is 0 Å². The molecule has 148 valence electrons. The molecule has 0 aromatic heterocycles. The molecule has 3 heteroatoms. The van der Waals surface area contributed by atoms with Gasteiger partial charge in [0.15, 0.2) is 12.3 Å². The van der Waals surface area contributed by atoms with Gasteiger partial charge in [-0.1, -0.05) is 74.5 Å². The smallest absolute Gasteiger partial charge is 0.268 e. The van der Waals surface area contributed by atoms with E-state index in [-0.39, 0.29) is 16.9 Å². The van der Waals surface area contributed by atoms with Gasteiger partial charge in [-0.05, 0) is 41.4 Å². The van der Waals surface area contributed by atoms with Crippen molar-refractivity contribution in [3.63, 3.8) is 0 Å². The first kappa shape index (κ1) is 18.4. The van der Waals surface area contributed by atoms with Crippen molar-refractivity contribution in [2.24, 2.45) is 16.7 Å². The summed E-state index contributed by atoms with van der Waals surface area (Å²) in [5.41, 5.74) is 2.17. The van der Waals surface area contributed by atoms with Gasteiger partial charge in [-0.2, -0.15) is 0 Å². The van der Waals surface area contributed by atoms with Crippen LogP contribution in [0.1, 0.15) is 44.2 Å². The molecule has 1 spiro atoms. The monoisotopic (exact) mass is 385 g/mol. The van der Waals surface area contributed by atoms with E-state index >= 15 is 0 Å². The SMILES string of the molecule is CC1(C)C2CCC13C(=O)N(Cc1ccccc1)[N+](=C/C=C/c1ccccc1)C3C2. The standard InChI is InChI=1S/C26H29N2O/c1-25(2)22-15-16-26(25)23(18-22)27(17-9-14-20-10-5-3-6-11-20)28(24(26)29)19-21-12-7-4-8-13-21/h3-14,17,22-23H,15-16,18-19H2,1-2H3/q+1/b14-9+,27-17?. The molecule has 2 aliphatic carbocycles. The molecule has 5 rings (SSSR count). The minimum absolute atomic E-state index is 0.0649. The molecule has 2 aromatic rings. The molecule has 1 saturated heterocycles. The van der Waals surface area contributed by atoms with Gasteiger partial charge in [0, 0.05) is 12.5 Å². The molecule has 3 unspecified atom stereocenters. The second kappa shape index (κ2) is 6.69. The Kier molecular flexibility index (Phi) is 4.23. The average Bonchev–Trinajstić information content (AvgIpc) is 3.24. The van der Waals surface area contributed by atoms with Gasteiger partial charge in [0.2, 0.25) is 0 Å². The number of fused-ring (bicyclic) bond motifs is 1. The number of benzene rings is 2. The third-order valence-corrected chi connectivity index (χ3v) is 7.85. The summed E-state index contributed by atoms with van der Waals surface area (Å²) in [6, 6.07) is 21.0. The Morgan fingerprint density at radius 3 is 2.45 bits per heavy atom. The third-order valence-electron chi connectivity index (χ3n) is 7.85. The first-order chi connectivity index (χ1) is 14.0. The largest absolute Gasteiger partial charge is 0.291 e. The van der Waals surface area contributed by atoms with E-state index in [9.17, 15) is 4.79 Å². The van der Waals surface area contributed by atoms with Crippen LogP contribution in [0.3, 0.4) is 0 Å². The van der Waals surface area contributed by atoms with Gasteiger partial charge in [0.1, 0.15) is 12.0 Å². The highest BCUT2D eigenvalue weighted by molar-refractivity contribution is 5.87. The molecule has 2 aromatic carbocycles. The Bertz CT molecular complexity index is 976. The van der Waals surface area contributed by atoms with E-state index in [0.717, 1.165) is 12.8 Å². The number of carbonyl (C=O) groups is 1. The number of rotatable bonds is 4. The Labute approximate surface area is 173 Å². The predicted molar refractivity (Wildman–Crippen MR) is 116 cm³/mol. The number of amides is 1. The summed E-state index contributed by atoms with van der Waals surface area (Å²) in [4.78, 5) is 13.9.